The van der Waals surface area contributed by atoms with E-state index in [2.05, 4.69) is 20.8 Å². The van der Waals surface area contributed by atoms with Crippen LogP contribution < -0.4 is 0 Å². The van der Waals surface area contributed by atoms with Gasteiger partial charge in [-0.1, -0.05) is 39.0 Å². The Kier molecular flexibility index (Phi) is 3.65. The van der Waals surface area contributed by atoms with Gasteiger partial charge in [0.2, 0.25) is 0 Å². The maximum atomic E-state index is 12.1. The molecule has 0 spiro atoms. The van der Waals surface area contributed by atoms with Crippen molar-refractivity contribution in [1.82, 2.24) is 0 Å². The van der Waals surface area contributed by atoms with Gasteiger partial charge in [-0.3, -0.25) is 0 Å². The van der Waals surface area contributed by atoms with Crippen LogP contribution in [-0.2, 0) is 10.2 Å². The van der Waals surface area contributed by atoms with E-state index in [1.807, 2.05) is 45.0 Å². The van der Waals surface area contributed by atoms with Crippen LogP contribution in [0.2, 0.25) is 0 Å². The molecule has 0 saturated carbocycles. The first kappa shape index (κ1) is 13.8. The Morgan fingerprint density at radius 3 is 2.00 bits per heavy atom. The number of hydrogen-bond acceptors (Lipinski definition) is 2. The molecule has 0 unspecified atom stereocenters. The maximum absolute atomic E-state index is 12.1. The topological polar surface area (TPSA) is 26.3 Å². The molecular formula is C15H22O2. The number of ether oxygens (including phenoxy) is 1. The summed E-state index contributed by atoms with van der Waals surface area (Å²) in [6.07, 6.45) is 0. The first-order valence-electron chi connectivity index (χ1n) is 5.94. The van der Waals surface area contributed by atoms with Crippen LogP contribution in [0.3, 0.4) is 0 Å². The number of esters is 1. The summed E-state index contributed by atoms with van der Waals surface area (Å²) in [5.74, 6) is -0.247. The van der Waals surface area contributed by atoms with Crippen LogP contribution in [0.1, 0.15) is 57.5 Å². The molecule has 0 atom stereocenters. The van der Waals surface area contributed by atoms with Gasteiger partial charge in [-0.2, -0.15) is 0 Å². The fraction of sp³-hybridized carbons (Fsp3) is 0.533. The van der Waals surface area contributed by atoms with Crippen molar-refractivity contribution >= 4 is 5.97 Å². The van der Waals surface area contributed by atoms with Gasteiger partial charge in [0.15, 0.2) is 0 Å². The SMILES string of the molecule is CC(C)(C)OC(=O)c1ccccc1C(C)(C)C. The molecule has 0 fully saturated rings. The molecule has 0 N–H and O–H groups in total. The summed E-state index contributed by atoms with van der Waals surface area (Å²) < 4.78 is 5.42. The van der Waals surface area contributed by atoms with E-state index in [4.69, 9.17) is 4.74 Å². The molecular weight excluding hydrogens is 212 g/mol. The van der Waals surface area contributed by atoms with Crippen molar-refractivity contribution in [3.8, 4) is 0 Å². The molecule has 94 valence electrons. The molecule has 2 heteroatoms. The largest absolute Gasteiger partial charge is 0.456 e. The molecule has 1 aromatic carbocycles. The van der Waals surface area contributed by atoms with Crippen LogP contribution in [0.15, 0.2) is 24.3 Å². The van der Waals surface area contributed by atoms with Crippen LogP contribution in [-0.4, -0.2) is 11.6 Å². The molecule has 1 rings (SSSR count). The summed E-state index contributed by atoms with van der Waals surface area (Å²) in [5, 5.41) is 0. The number of carbonyl (C=O) groups is 1. The summed E-state index contributed by atoms with van der Waals surface area (Å²) in [6.45, 7) is 11.9. The zero-order valence-corrected chi connectivity index (χ0v) is 11.6. The third-order valence-corrected chi connectivity index (χ3v) is 2.35. The van der Waals surface area contributed by atoms with E-state index >= 15 is 0 Å². The third kappa shape index (κ3) is 3.88. The number of benzene rings is 1. The third-order valence-electron chi connectivity index (χ3n) is 2.35. The van der Waals surface area contributed by atoms with Gasteiger partial charge in [-0.15, -0.1) is 0 Å². The predicted octanol–water partition coefficient (Wildman–Crippen LogP) is 3.94. The lowest BCUT2D eigenvalue weighted by Gasteiger charge is -2.25. The molecule has 17 heavy (non-hydrogen) atoms. The lowest BCUT2D eigenvalue weighted by Crippen LogP contribution is -2.26. The fourth-order valence-electron chi connectivity index (χ4n) is 1.65. The summed E-state index contributed by atoms with van der Waals surface area (Å²) in [4.78, 5) is 12.1. The van der Waals surface area contributed by atoms with Crippen LogP contribution in [0, 0.1) is 0 Å². The van der Waals surface area contributed by atoms with Gasteiger partial charge in [0, 0.05) is 0 Å². The highest BCUT2D eigenvalue weighted by molar-refractivity contribution is 5.91. The highest BCUT2D eigenvalue weighted by Crippen LogP contribution is 2.27. The Balaban J connectivity index is 3.11. The molecule has 1 aromatic rings. The minimum Gasteiger partial charge on any atom is -0.456 e. The van der Waals surface area contributed by atoms with Crippen LogP contribution in [0.25, 0.3) is 0 Å². The molecule has 0 aliphatic carbocycles. The quantitative estimate of drug-likeness (QED) is 0.688. The van der Waals surface area contributed by atoms with Crippen molar-refractivity contribution in [2.24, 2.45) is 0 Å². The molecule has 0 bridgehead atoms. The van der Waals surface area contributed by atoms with Crippen molar-refractivity contribution < 1.29 is 9.53 Å². The first-order chi connectivity index (χ1) is 7.61. The average molecular weight is 234 g/mol. The van der Waals surface area contributed by atoms with Crippen molar-refractivity contribution in [2.45, 2.75) is 52.6 Å². The number of rotatable bonds is 1. The van der Waals surface area contributed by atoms with Gasteiger partial charge in [0.25, 0.3) is 0 Å². The van der Waals surface area contributed by atoms with Crippen molar-refractivity contribution in [2.75, 3.05) is 0 Å². The van der Waals surface area contributed by atoms with Gasteiger partial charge < -0.3 is 4.74 Å². The van der Waals surface area contributed by atoms with Crippen LogP contribution >= 0.6 is 0 Å². The monoisotopic (exact) mass is 234 g/mol. The highest BCUT2D eigenvalue weighted by Gasteiger charge is 2.24. The van der Waals surface area contributed by atoms with E-state index < -0.39 is 5.60 Å². The van der Waals surface area contributed by atoms with Gasteiger partial charge in [0.1, 0.15) is 5.60 Å². The summed E-state index contributed by atoms with van der Waals surface area (Å²) in [7, 11) is 0. The standard InChI is InChI=1S/C15H22O2/c1-14(2,3)12-10-8-7-9-11(12)13(16)17-15(4,5)6/h7-10H,1-6H3. The van der Waals surface area contributed by atoms with Crippen LogP contribution in [0.5, 0.6) is 0 Å². The molecule has 0 radical (unpaired) electrons. The highest BCUT2D eigenvalue weighted by atomic mass is 16.6. The van der Waals surface area contributed by atoms with Gasteiger partial charge in [0.05, 0.1) is 5.56 Å². The van der Waals surface area contributed by atoms with E-state index in [1.165, 1.54) is 0 Å². The van der Waals surface area contributed by atoms with Crippen molar-refractivity contribution in [1.29, 1.82) is 0 Å². The van der Waals surface area contributed by atoms with E-state index in [0.717, 1.165) is 5.56 Å². The predicted molar refractivity (Wildman–Crippen MR) is 70.3 cm³/mol. The van der Waals surface area contributed by atoms with Gasteiger partial charge in [-0.25, -0.2) is 4.79 Å². The van der Waals surface area contributed by atoms with Crippen LogP contribution in [0.4, 0.5) is 0 Å². The number of hydrogen-bond donors (Lipinski definition) is 0. The van der Waals surface area contributed by atoms with Crippen molar-refractivity contribution in [3.63, 3.8) is 0 Å². The molecule has 0 saturated heterocycles. The Bertz CT molecular complexity index is 406. The second-order valence-electron chi connectivity index (χ2n) is 6.30. The molecule has 0 aromatic heterocycles. The normalized spacial score (nSPS) is 12.4. The van der Waals surface area contributed by atoms with E-state index in [9.17, 15) is 4.79 Å². The Morgan fingerprint density at radius 1 is 1.00 bits per heavy atom. The first-order valence-corrected chi connectivity index (χ1v) is 5.94. The maximum Gasteiger partial charge on any atom is 0.338 e. The second-order valence-corrected chi connectivity index (χ2v) is 6.30. The summed E-state index contributed by atoms with van der Waals surface area (Å²) in [6, 6.07) is 7.64. The Hall–Kier alpha value is -1.31. The molecule has 0 aliphatic rings. The number of carbonyl (C=O) groups excluding carboxylic acids is 1. The molecule has 2 nitrogen and oxygen atoms in total. The summed E-state index contributed by atoms with van der Waals surface area (Å²) in [5.41, 5.74) is 1.17. The van der Waals surface area contributed by atoms with Gasteiger partial charge in [-0.05, 0) is 37.8 Å². The van der Waals surface area contributed by atoms with Gasteiger partial charge >= 0.3 is 5.97 Å². The fourth-order valence-corrected chi connectivity index (χ4v) is 1.65. The zero-order chi connectivity index (χ0) is 13.3. The lowest BCUT2D eigenvalue weighted by molar-refractivity contribution is 0.00670. The van der Waals surface area contributed by atoms with Crippen molar-refractivity contribution in [3.05, 3.63) is 35.4 Å². The summed E-state index contributed by atoms with van der Waals surface area (Å²) >= 11 is 0. The van der Waals surface area contributed by atoms with E-state index in [-0.39, 0.29) is 11.4 Å². The van der Waals surface area contributed by atoms with E-state index in [0.29, 0.717) is 5.56 Å². The second kappa shape index (κ2) is 4.52. The smallest absolute Gasteiger partial charge is 0.338 e. The zero-order valence-electron chi connectivity index (χ0n) is 11.6. The molecule has 0 heterocycles. The van der Waals surface area contributed by atoms with E-state index in [1.54, 1.807) is 0 Å². The Morgan fingerprint density at radius 2 is 1.53 bits per heavy atom. The Labute approximate surface area is 104 Å². The molecule has 0 aliphatic heterocycles. The average Bonchev–Trinajstić information content (AvgIpc) is 2.13. The minimum absolute atomic E-state index is 0.0620. The minimum atomic E-state index is -0.456. The lowest BCUT2D eigenvalue weighted by atomic mass is 9.84. The molecule has 0 amide bonds.